The molecular formula is C23H16ClN5O3. The van der Waals surface area contributed by atoms with E-state index in [-0.39, 0.29) is 17.6 Å². The molecule has 9 heteroatoms. The Hall–Kier alpha value is -4.04. The van der Waals surface area contributed by atoms with Crippen LogP contribution in [0.2, 0.25) is 5.02 Å². The van der Waals surface area contributed by atoms with Crippen molar-refractivity contribution in [3.8, 4) is 17.3 Å². The van der Waals surface area contributed by atoms with E-state index in [0.717, 1.165) is 16.5 Å². The molecule has 0 saturated heterocycles. The van der Waals surface area contributed by atoms with Crippen molar-refractivity contribution in [3.05, 3.63) is 89.0 Å². The fourth-order valence-electron chi connectivity index (χ4n) is 3.45. The normalized spacial score (nSPS) is 11.1. The van der Waals surface area contributed by atoms with E-state index in [2.05, 4.69) is 20.4 Å². The van der Waals surface area contributed by atoms with E-state index >= 15 is 0 Å². The molecule has 0 spiro atoms. The predicted molar refractivity (Wildman–Crippen MR) is 118 cm³/mol. The fourth-order valence-corrected chi connectivity index (χ4v) is 3.58. The number of hydrogen-bond acceptors (Lipinski definition) is 7. The van der Waals surface area contributed by atoms with Crippen LogP contribution in [0.4, 0.5) is 0 Å². The highest BCUT2D eigenvalue weighted by Crippen LogP contribution is 2.29. The van der Waals surface area contributed by atoms with Crippen LogP contribution >= 0.6 is 11.6 Å². The Morgan fingerprint density at radius 3 is 2.69 bits per heavy atom. The van der Waals surface area contributed by atoms with Gasteiger partial charge in [0.25, 0.3) is 17.6 Å². The molecule has 5 rings (SSSR count). The summed E-state index contributed by atoms with van der Waals surface area (Å²) in [5.41, 5.74) is 2.75. The van der Waals surface area contributed by atoms with Crippen LogP contribution in [0.5, 0.6) is 5.75 Å². The quantitative estimate of drug-likeness (QED) is 0.357. The van der Waals surface area contributed by atoms with Gasteiger partial charge in [-0.05, 0) is 48.0 Å². The second-order valence-electron chi connectivity index (χ2n) is 7.03. The van der Waals surface area contributed by atoms with Crippen molar-refractivity contribution in [2.45, 2.75) is 6.54 Å². The molecule has 0 aliphatic heterocycles. The van der Waals surface area contributed by atoms with Gasteiger partial charge in [-0.25, -0.2) is 0 Å². The Morgan fingerprint density at radius 1 is 1.09 bits per heavy atom. The van der Waals surface area contributed by atoms with Crippen LogP contribution in [0.3, 0.4) is 0 Å². The number of rotatable bonds is 6. The highest BCUT2D eigenvalue weighted by atomic mass is 35.5. The van der Waals surface area contributed by atoms with Crippen molar-refractivity contribution in [1.29, 1.82) is 0 Å². The molecule has 0 amide bonds. The van der Waals surface area contributed by atoms with E-state index in [0.29, 0.717) is 28.6 Å². The Bertz CT molecular complexity index is 1410. The number of carbonyl (C=O) groups is 1. The van der Waals surface area contributed by atoms with Gasteiger partial charge in [-0.3, -0.25) is 4.79 Å². The zero-order chi connectivity index (χ0) is 22.1. The number of methoxy groups -OCH3 is 1. The standard InChI is InChI=1S/C23H16ClN5O3/c1-31-16-8-9-20-17(11-16)18(13-29(20)12-14-4-6-15(24)7-5-14)21(30)23-28-27-22(32-23)19-3-2-10-25-26-19/h2-11,13H,12H2,1H3. The molecule has 0 unspecified atom stereocenters. The van der Waals surface area contributed by atoms with Gasteiger partial charge in [0.1, 0.15) is 11.4 Å². The molecule has 0 radical (unpaired) electrons. The molecular weight excluding hydrogens is 430 g/mol. The number of benzene rings is 2. The van der Waals surface area contributed by atoms with Gasteiger partial charge in [0, 0.05) is 34.9 Å². The Morgan fingerprint density at radius 2 is 1.94 bits per heavy atom. The molecule has 0 aliphatic rings. The smallest absolute Gasteiger partial charge is 0.289 e. The lowest BCUT2D eigenvalue weighted by Crippen LogP contribution is -2.02. The largest absolute Gasteiger partial charge is 0.497 e. The molecule has 0 bridgehead atoms. The summed E-state index contributed by atoms with van der Waals surface area (Å²) in [7, 11) is 1.58. The summed E-state index contributed by atoms with van der Waals surface area (Å²) in [6.07, 6.45) is 3.32. The lowest BCUT2D eigenvalue weighted by molar-refractivity contribution is 0.100. The number of fused-ring (bicyclic) bond motifs is 1. The first-order valence-electron chi connectivity index (χ1n) is 9.70. The molecule has 8 nitrogen and oxygen atoms in total. The minimum absolute atomic E-state index is 0.126. The number of carbonyl (C=O) groups excluding carboxylic acids is 1. The van der Waals surface area contributed by atoms with Gasteiger partial charge in [-0.2, -0.15) is 5.10 Å². The first-order chi connectivity index (χ1) is 15.6. The van der Waals surface area contributed by atoms with Gasteiger partial charge >= 0.3 is 0 Å². The van der Waals surface area contributed by atoms with Crippen molar-refractivity contribution in [2.75, 3.05) is 7.11 Å². The molecule has 158 valence electrons. The first kappa shape index (κ1) is 19.9. The summed E-state index contributed by atoms with van der Waals surface area (Å²) in [6, 6.07) is 16.5. The van der Waals surface area contributed by atoms with Crippen LogP contribution < -0.4 is 4.74 Å². The van der Waals surface area contributed by atoms with Gasteiger partial charge in [0.2, 0.25) is 0 Å². The van der Waals surface area contributed by atoms with E-state index in [1.807, 2.05) is 47.0 Å². The first-order valence-corrected chi connectivity index (χ1v) is 10.1. The third kappa shape index (κ3) is 3.72. The number of nitrogens with zero attached hydrogens (tertiary/aromatic N) is 5. The monoisotopic (exact) mass is 445 g/mol. The maximum atomic E-state index is 13.3. The van der Waals surface area contributed by atoms with E-state index in [4.69, 9.17) is 20.8 Å². The summed E-state index contributed by atoms with van der Waals surface area (Å²) in [5.74, 6) is 0.255. The Labute approximate surface area is 187 Å². The predicted octanol–water partition coefficient (Wildman–Crippen LogP) is 4.42. The average Bonchev–Trinajstić information content (AvgIpc) is 3.46. The molecule has 2 aromatic carbocycles. The lowest BCUT2D eigenvalue weighted by atomic mass is 10.1. The fraction of sp³-hybridized carbons (Fsp3) is 0.0870. The van der Waals surface area contributed by atoms with Crippen molar-refractivity contribution in [3.63, 3.8) is 0 Å². The average molecular weight is 446 g/mol. The van der Waals surface area contributed by atoms with Crippen molar-refractivity contribution >= 4 is 28.3 Å². The van der Waals surface area contributed by atoms with Crippen molar-refractivity contribution < 1.29 is 13.9 Å². The second-order valence-corrected chi connectivity index (χ2v) is 7.47. The number of hydrogen-bond donors (Lipinski definition) is 0. The van der Waals surface area contributed by atoms with Crippen LogP contribution in [0, 0.1) is 0 Å². The molecule has 0 aliphatic carbocycles. The Balaban J connectivity index is 1.56. The third-order valence-corrected chi connectivity index (χ3v) is 5.26. The van der Waals surface area contributed by atoms with E-state index < -0.39 is 0 Å². The van der Waals surface area contributed by atoms with Gasteiger partial charge < -0.3 is 13.7 Å². The lowest BCUT2D eigenvalue weighted by Gasteiger charge is -2.06. The summed E-state index contributed by atoms with van der Waals surface area (Å²) in [6.45, 7) is 0.558. The molecule has 0 atom stereocenters. The molecule has 5 aromatic rings. The van der Waals surface area contributed by atoms with Gasteiger partial charge in [-0.15, -0.1) is 15.3 Å². The van der Waals surface area contributed by atoms with Gasteiger partial charge in [0.15, 0.2) is 0 Å². The van der Waals surface area contributed by atoms with Crippen LogP contribution in [-0.2, 0) is 6.54 Å². The minimum Gasteiger partial charge on any atom is -0.497 e. The summed E-state index contributed by atoms with van der Waals surface area (Å²) < 4.78 is 13.0. The van der Waals surface area contributed by atoms with Crippen molar-refractivity contribution in [1.82, 2.24) is 25.0 Å². The summed E-state index contributed by atoms with van der Waals surface area (Å²) in [4.78, 5) is 13.3. The molecule has 0 saturated carbocycles. The number of ether oxygens (including phenoxy) is 1. The van der Waals surface area contributed by atoms with E-state index in [1.165, 1.54) is 6.20 Å². The molecule has 32 heavy (non-hydrogen) atoms. The molecule has 0 fully saturated rings. The maximum Gasteiger partial charge on any atom is 0.289 e. The zero-order valence-corrected chi connectivity index (χ0v) is 17.7. The van der Waals surface area contributed by atoms with Gasteiger partial charge in [0.05, 0.1) is 12.7 Å². The molecule has 3 aromatic heterocycles. The highest BCUT2D eigenvalue weighted by Gasteiger charge is 2.23. The molecule has 3 heterocycles. The summed E-state index contributed by atoms with van der Waals surface area (Å²) >= 11 is 6.01. The zero-order valence-electron chi connectivity index (χ0n) is 16.9. The Kier molecular flexibility index (Phi) is 5.12. The third-order valence-electron chi connectivity index (χ3n) is 5.01. The number of ketones is 1. The topological polar surface area (TPSA) is 95.9 Å². The number of aromatic nitrogens is 5. The van der Waals surface area contributed by atoms with Crippen LogP contribution in [0.15, 0.2) is 71.4 Å². The van der Waals surface area contributed by atoms with Crippen molar-refractivity contribution in [2.24, 2.45) is 0 Å². The SMILES string of the molecule is COc1ccc2c(c1)c(C(=O)c1nnc(-c3cccnn3)o1)cn2Cc1ccc(Cl)cc1. The summed E-state index contributed by atoms with van der Waals surface area (Å²) in [5, 5.41) is 17.0. The van der Waals surface area contributed by atoms with Crippen LogP contribution in [-0.4, -0.2) is 37.9 Å². The molecule has 0 N–H and O–H groups in total. The van der Waals surface area contributed by atoms with Crippen LogP contribution in [0.1, 0.15) is 21.8 Å². The number of halogens is 1. The van der Waals surface area contributed by atoms with Gasteiger partial charge in [-0.1, -0.05) is 23.7 Å². The van der Waals surface area contributed by atoms with E-state index in [9.17, 15) is 4.79 Å². The van der Waals surface area contributed by atoms with E-state index in [1.54, 1.807) is 25.4 Å². The van der Waals surface area contributed by atoms with Crippen LogP contribution in [0.25, 0.3) is 22.5 Å². The highest BCUT2D eigenvalue weighted by molar-refractivity contribution is 6.30. The minimum atomic E-state index is -0.388. The maximum absolute atomic E-state index is 13.3. The second kappa shape index (κ2) is 8.24.